The summed E-state index contributed by atoms with van der Waals surface area (Å²) in [7, 11) is 1.32. The van der Waals surface area contributed by atoms with Gasteiger partial charge in [-0.05, 0) is 47.5 Å². The fourth-order valence-electron chi connectivity index (χ4n) is 3.62. The number of anilines is 1. The van der Waals surface area contributed by atoms with Gasteiger partial charge >= 0.3 is 5.97 Å². The van der Waals surface area contributed by atoms with Crippen LogP contribution in [0.1, 0.15) is 27.5 Å². The monoisotopic (exact) mass is 419 g/mol. The summed E-state index contributed by atoms with van der Waals surface area (Å²) in [6, 6.07) is 22.3. The van der Waals surface area contributed by atoms with Crippen molar-refractivity contribution in [2.75, 3.05) is 12.0 Å². The Balaban J connectivity index is 1.86. The number of ether oxygens (including phenoxy) is 1. The molecule has 150 valence electrons. The number of nitrogens with zero attached hydrogens (tertiary/aromatic N) is 1. The smallest absolute Gasteiger partial charge is 0.337 e. The molecule has 6 heteroatoms. The van der Waals surface area contributed by atoms with Crippen molar-refractivity contribution in [1.82, 2.24) is 0 Å². The Morgan fingerprint density at radius 2 is 1.60 bits per heavy atom. The van der Waals surface area contributed by atoms with Crippen molar-refractivity contribution in [3.63, 3.8) is 0 Å². The van der Waals surface area contributed by atoms with Crippen molar-refractivity contribution in [2.24, 2.45) is 0 Å². The van der Waals surface area contributed by atoms with E-state index in [1.165, 1.54) is 12.0 Å². The van der Waals surface area contributed by atoms with Crippen LogP contribution in [-0.2, 0) is 9.53 Å². The van der Waals surface area contributed by atoms with Gasteiger partial charge in [-0.1, -0.05) is 54.1 Å². The van der Waals surface area contributed by atoms with Gasteiger partial charge in [-0.25, -0.2) is 4.79 Å². The van der Waals surface area contributed by atoms with Crippen molar-refractivity contribution < 1.29 is 19.4 Å². The van der Waals surface area contributed by atoms with Crippen LogP contribution >= 0.6 is 11.6 Å². The van der Waals surface area contributed by atoms with Gasteiger partial charge in [0.15, 0.2) is 5.76 Å². The molecule has 1 aliphatic heterocycles. The Morgan fingerprint density at radius 3 is 2.20 bits per heavy atom. The van der Waals surface area contributed by atoms with Crippen LogP contribution in [0.25, 0.3) is 5.57 Å². The average molecular weight is 420 g/mol. The third-order valence-corrected chi connectivity index (χ3v) is 5.30. The Bertz CT molecular complexity index is 1120. The summed E-state index contributed by atoms with van der Waals surface area (Å²) in [6.45, 7) is 0. The molecule has 0 bridgehead atoms. The van der Waals surface area contributed by atoms with Crippen LogP contribution in [-0.4, -0.2) is 24.1 Å². The largest absolute Gasteiger partial charge is 0.503 e. The first kappa shape index (κ1) is 19.7. The van der Waals surface area contributed by atoms with Gasteiger partial charge in [0.25, 0.3) is 5.91 Å². The van der Waals surface area contributed by atoms with Crippen molar-refractivity contribution >= 4 is 34.7 Å². The molecular weight excluding hydrogens is 402 g/mol. The zero-order valence-electron chi connectivity index (χ0n) is 16.1. The third-order valence-electron chi connectivity index (χ3n) is 5.05. The fraction of sp³-hybridized carbons (Fsp3) is 0.0833. The molecule has 1 amide bonds. The van der Waals surface area contributed by atoms with E-state index in [9.17, 15) is 14.7 Å². The molecule has 1 heterocycles. The predicted octanol–water partition coefficient (Wildman–Crippen LogP) is 5.18. The second kappa shape index (κ2) is 8.05. The van der Waals surface area contributed by atoms with E-state index in [0.29, 0.717) is 21.8 Å². The highest BCUT2D eigenvalue weighted by atomic mass is 35.5. The van der Waals surface area contributed by atoms with E-state index >= 15 is 0 Å². The topological polar surface area (TPSA) is 66.8 Å². The molecule has 0 radical (unpaired) electrons. The number of hydrogen-bond donors (Lipinski definition) is 1. The van der Waals surface area contributed by atoms with Crippen LogP contribution in [0.3, 0.4) is 0 Å². The van der Waals surface area contributed by atoms with Crippen LogP contribution in [0.4, 0.5) is 5.69 Å². The number of halogens is 1. The number of aliphatic hydroxyl groups excluding tert-OH is 1. The van der Waals surface area contributed by atoms with Gasteiger partial charge in [-0.15, -0.1) is 0 Å². The van der Waals surface area contributed by atoms with Gasteiger partial charge in [0.2, 0.25) is 0 Å². The molecule has 1 aliphatic rings. The van der Waals surface area contributed by atoms with Gasteiger partial charge in [-0.3, -0.25) is 9.69 Å². The molecule has 0 saturated carbocycles. The van der Waals surface area contributed by atoms with E-state index in [0.717, 1.165) is 11.1 Å². The second-order valence-electron chi connectivity index (χ2n) is 6.80. The van der Waals surface area contributed by atoms with Crippen LogP contribution in [0.15, 0.2) is 84.6 Å². The molecule has 3 aromatic rings. The third kappa shape index (κ3) is 3.44. The number of rotatable bonds is 4. The van der Waals surface area contributed by atoms with Crippen LogP contribution < -0.4 is 4.90 Å². The first-order valence-electron chi connectivity index (χ1n) is 9.27. The molecule has 0 aromatic heterocycles. The maximum Gasteiger partial charge on any atom is 0.337 e. The standard InChI is InChI=1S/C24H18ClNO4/c1-30-24(29)17-9-7-16(8-10-17)21-20(15-5-3-2-4-6-15)22(27)23(28)26(21)19-13-11-18(25)12-14-19/h2-14,21,27H,1H3/t21-/m0/s1. The minimum Gasteiger partial charge on any atom is -0.503 e. The maximum absolute atomic E-state index is 13.1. The number of carbonyl (C=O) groups excluding carboxylic acids is 2. The van der Waals surface area contributed by atoms with E-state index in [1.54, 1.807) is 48.5 Å². The number of benzene rings is 3. The molecule has 5 nitrogen and oxygen atoms in total. The summed E-state index contributed by atoms with van der Waals surface area (Å²) in [5.74, 6) is -1.25. The van der Waals surface area contributed by atoms with E-state index in [4.69, 9.17) is 16.3 Å². The Hall–Kier alpha value is -3.57. The second-order valence-corrected chi connectivity index (χ2v) is 7.23. The fourth-order valence-corrected chi connectivity index (χ4v) is 3.75. The lowest BCUT2D eigenvalue weighted by atomic mass is 9.93. The molecule has 0 saturated heterocycles. The van der Waals surface area contributed by atoms with Gasteiger partial charge in [0.05, 0.1) is 18.7 Å². The van der Waals surface area contributed by atoms with Crippen LogP contribution in [0.2, 0.25) is 5.02 Å². The average Bonchev–Trinajstić information content (AvgIpc) is 3.05. The number of carbonyl (C=O) groups is 2. The molecular formula is C24H18ClNO4. The molecule has 30 heavy (non-hydrogen) atoms. The minimum atomic E-state index is -0.576. The van der Waals surface area contributed by atoms with Gasteiger partial charge in [-0.2, -0.15) is 0 Å². The zero-order valence-corrected chi connectivity index (χ0v) is 16.8. The van der Waals surface area contributed by atoms with E-state index < -0.39 is 17.9 Å². The highest BCUT2D eigenvalue weighted by Crippen LogP contribution is 2.45. The van der Waals surface area contributed by atoms with Crippen molar-refractivity contribution in [3.05, 3.63) is 106 Å². The maximum atomic E-state index is 13.1. The normalized spacial score (nSPS) is 16.1. The first-order chi connectivity index (χ1) is 14.5. The lowest BCUT2D eigenvalue weighted by molar-refractivity contribution is -0.117. The Kier molecular flexibility index (Phi) is 5.29. The Labute approximate surface area is 178 Å². The minimum absolute atomic E-state index is 0.307. The summed E-state index contributed by atoms with van der Waals surface area (Å²) in [6.07, 6.45) is 0. The summed E-state index contributed by atoms with van der Waals surface area (Å²) in [4.78, 5) is 26.4. The summed E-state index contributed by atoms with van der Waals surface area (Å²) in [5, 5.41) is 11.3. The van der Waals surface area contributed by atoms with Gasteiger partial charge < -0.3 is 9.84 Å². The number of methoxy groups -OCH3 is 1. The van der Waals surface area contributed by atoms with Gasteiger partial charge in [0.1, 0.15) is 0 Å². The number of aliphatic hydroxyl groups is 1. The molecule has 1 atom stereocenters. The summed E-state index contributed by atoms with van der Waals surface area (Å²) < 4.78 is 4.76. The van der Waals surface area contributed by atoms with Crippen molar-refractivity contribution in [2.45, 2.75) is 6.04 Å². The SMILES string of the molecule is COC(=O)c1ccc([C@H]2C(c3ccccc3)=C(O)C(=O)N2c2ccc(Cl)cc2)cc1. The highest BCUT2D eigenvalue weighted by Gasteiger charge is 2.41. The van der Waals surface area contributed by atoms with Gasteiger partial charge in [0, 0.05) is 16.3 Å². The first-order valence-corrected chi connectivity index (χ1v) is 9.65. The molecule has 0 fully saturated rings. The predicted molar refractivity (Wildman–Crippen MR) is 115 cm³/mol. The molecule has 1 N–H and O–H groups in total. The lowest BCUT2D eigenvalue weighted by Crippen LogP contribution is -2.30. The highest BCUT2D eigenvalue weighted by molar-refractivity contribution is 6.30. The summed E-state index contributed by atoms with van der Waals surface area (Å²) >= 11 is 6.02. The van der Waals surface area contributed by atoms with Crippen molar-refractivity contribution in [1.29, 1.82) is 0 Å². The molecule has 0 unspecified atom stereocenters. The van der Waals surface area contributed by atoms with Crippen LogP contribution in [0, 0.1) is 0 Å². The number of hydrogen-bond acceptors (Lipinski definition) is 4. The molecule has 0 aliphatic carbocycles. The van der Waals surface area contributed by atoms with Crippen molar-refractivity contribution in [3.8, 4) is 0 Å². The number of esters is 1. The summed E-state index contributed by atoms with van der Waals surface area (Å²) in [5.41, 5.74) is 2.99. The van der Waals surface area contributed by atoms with E-state index in [1.807, 2.05) is 30.3 Å². The molecule has 4 rings (SSSR count). The quantitative estimate of drug-likeness (QED) is 0.591. The lowest BCUT2D eigenvalue weighted by Gasteiger charge is -2.27. The van der Waals surface area contributed by atoms with E-state index in [2.05, 4.69) is 0 Å². The van der Waals surface area contributed by atoms with E-state index in [-0.39, 0.29) is 5.76 Å². The Morgan fingerprint density at radius 1 is 0.967 bits per heavy atom. The molecule has 3 aromatic carbocycles. The molecule has 0 spiro atoms. The van der Waals surface area contributed by atoms with Crippen LogP contribution in [0.5, 0.6) is 0 Å². The number of amides is 1. The zero-order chi connectivity index (χ0) is 21.3.